The van der Waals surface area contributed by atoms with Crippen molar-refractivity contribution in [3.63, 3.8) is 0 Å². The summed E-state index contributed by atoms with van der Waals surface area (Å²) in [4.78, 5) is 3.86. The van der Waals surface area contributed by atoms with Crippen molar-refractivity contribution in [2.45, 2.75) is 12.8 Å². The Balaban J connectivity index is 2.61. The molecule has 0 spiro atoms. The van der Waals surface area contributed by atoms with E-state index in [4.69, 9.17) is 5.73 Å². The molecule has 0 radical (unpaired) electrons. The molecule has 0 heterocycles. The number of halogens is 1. The Morgan fingerprint density at radius 1 is 1.70 bits per heavy atom. The van der Waals surface area contributed by atoms with Crippen molar-refractivity contribution in [2.24, 2.45) is 16.6 Å². The van der Waals surface area contributed by atoms with Gasteiger partial charge in [-0.2, -0.15) is 0 Å². The molecule has 0 saturated heterocycles. The van der Waals surface area contributed by atoms with Gasteiger partial charge in [0.25, 0.3) is 0 Å². The smallest absolute Gasteiger partial charge is 0.0543 e. The quantitative estimate of drug-likeness (QED) is 0.681. The summed E-state index contributed by atoms with van der Waals surface area (Å²) in [5.41, 5.74) is 6.70. The molecule has 0 amide bonds. The largest absolute Gasteiger partial charge is 0.401 e. The molecule has 1 aliphatic rings. The second-order valence-corrected chi connectivity index (χ2v) is 3.32. The summed E-state index contributed by atoms with van der Waals surface area (Å²) in [5, 5.41) is 0. The average Bonchev–Trinajstić information content (AvgIpc) is 2.68. The second-order valence-electron chi connectivity index (χ2n) is 2.46. The van der Waals surface area contributed by atoms with Gasteiger partial charge in [-0.15, -0.1) is 0 Å². The summed E-state index contributed by atoms with van der Waals surface area (Å²) in [6.07, 6.45) is 4.21. The van der Waals surface area contributed by atoms with Crippen LogP contribution in [0.3, 0.4) is 0 Å². The van der Waals surface area contributed by atoms with Crippen molar-refractivity contribution in [2.75, 3.05) is 7.05 Å². The van der Waals surface area contributed by atoms with E-state index in [9.17, 15) is 0 Å². The number of hydrogen-bond acceptors (Lipinski definition) is 2. The topological polar surface area (TPSA) is 38.4 Å². The molecule has 1 fully saturated rings. The molecule has 1 rings (SSSR count). The van der Waals surface area contributed by atoms with Crippen molar-refractivity contribution in [1.82, 2.24) is 0 Å². The first-order chi connectivity index (χ1) is 4.75. The molecule has 3 heteroatoms. The summed E-state index contributed by atoms with van der Waals surface area (Å²) in [5.74, 6) is 0.618. The molecule has 0 atom stereocenters. The van der Waals surface area contributed by atoms with Crippen LogP contribution in [0.5, 0.6) is 0 Å². The summed E-state index contributed by atoms with van der Waals surface area (Å²) in [6, 6.07) is 0. The molecule has 2 nitrogen and oxygen atoms in total. The standard InChI is InChI=1S/C7H11BrN2/c1-10-4-6(8)7(9)5-2-3-5/h4-5H,2-3,9H2,1H3. The van der Waals surface area contributed by atoms with Crippen molar-refractivity contribution in [3.05, 3.63) is 10.2 Å². The first-order valence-corrected chi connectivity index (χ1v) is 4.12. The minimum atomic E-state index is 0.618. The highest BCUT2D eigenvalue weighted by atomic mass is 79.9. The van der Waals surface area contributed by atoms with Crippen LogP contribution in [0, 0.1) is 5.92 Å². The lowest BCUT2D eigenvalue weighted by Gasteiger charge is -1.97. The Morgan fingerprint density at radius 2 is 2.30 bits per heavy atom. The Hall–Kier alpha value is -0.310. The highest BCUT2D eigenvalue weighted by molar-refractivity contribution is 9.12. The molecule has 0 bridgehead atoms. The predicted molar refractivity (Wildman–Crippen MR) is 47.3 cm³/mol. The highest BCUT2D eigenvalue weighted by Gasteiger charge is 2.25. The van der Waals surface area contributed by atoms with Crippen LogP contribution in [0.1, 0.15) is 12.8 Å². The molecule has 0 unspecified atom stereocenters. The molecule has 1 aliphatic carbocycles. The average molecular weight is 203 g/mol. The zero-order valence-corrected chi connectivity index (χ0v) is 7.56. The fraction of sp³-hybridized carbons (Fsp3) is 0.571. The molecular weight excluding hydrogens is 192 g/mol. The van der Waals surface area contributed by atoms with Gasteiger partial charge in [0, 0.05) is 19.0 Å². The molecule has 0 aromatic rings. The molecule has 0 aromatic carbocycles. The Bertz CT molecular complexity index is 180. The normalized spacial score (nSPS) is 21.4. The van der Waals surface area contributed by atoms with Gasteiger partial charge in [-0.25, -0.2) is 0 Å². The molecule has 10 heavy (non-hydrogen) atoms. The number of nitrogens with two attached hydrogens (primary N) is 1. The van der Waals surface area contributed by atoms with Crippen LogP contribution in [0.25, 0.3) is 0 Å². The van der Waals surface area contributed by atoms with E-state index >= 15 is 0 Å². The number of nitrogens with zero attached hydrogens (tertiary/aromatic N) is 1. The van der Waals surface area contributed by atoms with E-state index in [1.807, 2.05) is 0 Å². The van der Waals surface area contributed by atoms with Crippen LogP contribution >= 0.6 is 15.9 Å². The predicted octanol–water partition coefficient (Wildman–Crippen LogP) is 1.66. The third-order valence-corrected chi connectivity index (χ3v) is 2.20. The first-order valence-electron chi connectivity index (χ1n) is 3.33. The van der Waals surface area contributed by atoms with E-state index in [-0.39, 0.29) is 0 Å². The van der Waals surface area contributed by atoms with Gasteiger partial charge in [0.15, 0.2) is 0 Å². The van der Waals surface area contributed by atoms with Gasteiger partial charge in [0.1, 0.15) is 0 Å². The highest BCUT2D eigenvalue weighted by Crippen LogP contribution is 2.35. The lowest BCUT2D eigenvalue weighted by atomic mass is 10.3. The molecule has 0 aliphatic heterocycles. The third kappa shape index (κ3) is 1.84. The van der Waals surface area contributed by atoms with Gasteiger partial charge in [-0.1, -0.05) is 0 Å². The minimum Gasteiger partial charge on any atom is -0.401 e. The fourth-order valence-corrected chi connectivity index (χ4v) is 1.31. The van der Waals surface area contributed by atoms with E-state index in [2.05, 4.69) is 20.9 Å². The van der Waals surface area contributed by atoms with Crippen molar-refractivity contribution in [1.29, 1.82) is 0 Å². The van der Waals surface area contributed by atoms with Gasteiger partial charge in [0.05, 0.1) is 4.48 Å². The zero-order chi connectivity index (χ0) is 7.56. The molecular formula is C7H11BrN2. The number of hydrogen-bond donors (Lipinski definition) is 1. The molecule has 56 valence electrons. The van der Waals surface area contributed by atoms with Gasteiger partial charge < -0.3 is 5.73 Å². The van der Waals surface area contributed by atoms with E-state index in [0.717, 1.165) is 10.2 Å². The molecule has 1 saturated carbocycles. The van der Waals surface area contributed by atoms with E-state index < -0.39 is 0 Å². The van der Waals surface area contributed by atoms with Crippen molar-refractivity contribution >= 4 is 22.1 Å². The zero-order valence-electron chi connectivity index (χ0n) is 5.97. The second kappa shape index (κ2) is 3.19. The van der Waals surface area contributed by atoms with Crippen LogP contribution in [0.15, 0.2) is 15.2 Å². The Morgan fingerprint density at radius 3 is 2.70 bits per heavy atom. The fourth-order valence-electron chi connectivity index (χ4n) is 0.777. The Kier molecular flexibility index (Phi) is 2.49. The summed E-state index contributed by atoms with van der Waals surface area (Å²) in [7, 11) is 1.74. The van der Waals surface area contributed by atoms with Gasteiger partial charge in [-0.3, -0.25) is 4.99 Å². The van der Waals surface area contributed by atoms with Crippen LogP contribution in [0.2, 0.25) is 0 Å². The summed E-state index contributed by atoms with van der Waals surface area (Å²) >= 11 is 3.35. The maximum absolute atomic E-state index is 5.75. The molecule has 2 N–H and O–H groups in total. The monoisotopic (exact) mass is 202 g/mol. The lowest BCUT2D eigenvalue weighted by molar-refractivity contribution is 0.981. The Labute approximate surface area is 69.3 Å². The van der Waals surface area contributed by atoms with Crippen LogP contribution in [0.4, 0.5) is 0 Å². The van der Waals surface area contributed by atoms with Gasteiger partial charge in [0.2, 0.25) is 0 Å². The van der Waals surface area contributed by atoms with E-state index in [1.54, 1.807) is 13.3 Å². The number of aliphatic imine (C=N–C) groups is 1. The van der Waals surface area contributed by atoms with Gasteiger partial charge in [-0.05, 0) is 34.7 Å². The minimum absolute atomic E-state index is 0.618. The molecule has 0 aromatic heterocycles. The van der Waals surface area contributed by atoms with Crippen molar-refractivity contribution < 1.29 is 0 Å². The summed E-state index contributed by atoms with van der Waals surface area (Å²) in [6.45, 7) is 0. The van der Waals surface area contributed by atoms with Crippen molar-refractivity contribution in [3.8, 4) is 0 Å². The number of allylic oxidation sites excluding steroid dienone is 2. The van der Waals surface area contributed by atoms with Crippen LogP contribution < -0.4 is 5.73 Å². The van der Waals surface area contributed by atoms with Crippen LogP contribution in [-0.2, 0) is 0 Å². The number of rotatable bonds is 2. The van der Waals surface area contributed by atoms with Gasteiger partial charge >= 0.3 is 0 Å². The van der Waals surface area contributed by atoms with E-state index in [0.29, 0.717) is 5.92 Å². The SMILES string of the molecule is CN=CC(Br)=C(N)C1CC1. The maximum atomic E-state index is 5.75. The lowest BCUT2D eigenvalue weighted by Crippen LogP contribution is -2.01. The summed E-state index contributed by atoms with van der Waals surface area (Å²) < 4.78 is 0.942. The van der Waals surface area contributed by atoms with E-state index in [1.165, 1.54) is 12.8 Å². The third-order valence-electron chi connectivity index (χ3n) is 1.54. The van der Waals surface area contributed by atoms with Crippen LogP contribution in [-0.4, -0.2) is 13.3 Å². The first kappa shape index (κ1) is 7.79. The maximum Gasteiger partial charge on any atom is 0.0543 e.